The Morgan fingerprint density at radius 3 is 1.90 bits per heavy atom. The van der Waals surface area contributed by atoms with Crippen LogP contribution in [0.15, 0.2) is 70.9 Å². The number of anilines is 2. The summed E-state index contributed by atoms with van der Waals surface area (Å²) in [7, 11) is 0. The van der Waals surface area contributed by atoms with E-state index in [1.165, 1.54) is 16.7 Å². The number of nitrogens with one attached hydrogen (secondary N) is 3. The fraction of sp³-hybridized carbons (Fsp3) is 0.393. The topological polar surface area (TPSA) is 218 Å². The van der Waals surface area contributed by atoms with Gasteiger partial charge in [0.05, 0.1) is 67.1 Å². The van der Waals surface area contributed by atoms with Gasteiger partial charge in [0.15, 0.2) is 5.82 Å². The Morgan fingerprint density at radius 2 is 1.31 bits per heavy atom. The Kier molecular flexibility index (Phi) is 12.9. The zero-order valence-corrected chi connectivity index (χ0v) is 48.0. The maximum absolute atomic E-state index is 17.8. The third-order valence-corrected chi connectivity index (χ3v) is 18.4. The maximum Gasteiger partial charge on any atom is 0.296 e. The van der Waals surface area contributed by atoms with E-state index in [0.717, 1.165) is 75.6 Å². The number of nitrogens with two attached hydrogens (primary N) is 1. The number of carbonyl (C=O) groups is 2. The molecule has 83 heavy (non-hydrogen) atoms. The van der Waals surface area contributed by atoms with E-state index in [-0.39, 0.29) is 121 Å². The quantitative estimate of drug-likeness (QED) is 0.0672. The van der Waals surface area contributed by atoms with Crippen molar-refractivity contribution >= 4 is 90.1 Å². The molecule has 5 aromatic heterocycles. The average molecular weight is 1160 g/mol. The summed E-state index contributed by atoms with van der Waals surface area (Å²) in [6, 6.07) is 10.3. The number of fused-ring (bicyclic) bond motifs is 12. The molecule has 2 saturated carbocycles. The number of ether oxygens (including phenoxy) is 2. The molecule has 0 spiro atoms. The lowest BCUT2D eigenvalue weighted by molar-refractivity contribution is -0.130. The molecule has 2 saturated heterocycles. The van der Waals surface area contributed by atoms with Gasteiger partial charge in [-0.2, -0.15) is 10.2 Å². The van der Waals surface area contributed by atoms with E-state index in [2.05, 4.69) is 37.0 Å². The van der Waals surface area contributed by atoms with E-state index in [1.807, 2.05) is 58.0 Å². The Bertz CT molecular complexity index is 4260. The number of aryl methyl sites for hydroxylation is 2. The first-order valence-electron chi connectivity index (χ1n) is 28.6. The molecule has 4 atom stereocenters. The lowest BCUT2D eigenvalue weighted by Gasteiger charge is -2.48. The number of piperazine rings is 2. The van der Waals surface area contributed by atoms with Crippen LogP contribution in [0.5, 0.6) is 11.5 Å². The van der Waals surface area contributed by atoms with Crippen LogP contribution in [0.3, 0.4) is 0 Å². The highest BCUT2D eigenvalue weighted by atomic mass is 35.5. The standard InChI is InChI=1S/C61H62Cl2FN13O6/c1-6-43(78)74-25-35-27-83-58-56(77(35)23-31(74)4)38-22-40(63)53(46-30(3)8-14-42-49(46)52(71-69-42)34-11-12-34)67-59(38)73(61(58)81)20-18-66-17-15-44(79)75-26-36-28-82-57-55(76(36)24-32(75)5)37-21-39(62)47(50(64)54(37)72(19-16-65)60(57)80)45-29(2)7-13-41-48(45)51(70-68-41)33-9-10-33/h6-8,13-15,17,21-22,31-36,66H,1,9-12,16,18-20,23-28,65H2,2-5H3,(H,68,70)(H,69,71)/b17-15+. The molecule has 4 unspecified atom stereocenters. The summed E-state index contributed by atoms with van der Waals surface area (Å²) in [6.45, 7) is 13.8. The van der Waals surface area contributed by atoms with Gasteiger partial charge in [-0.1, -0.05) is 41.9 Å². The number of H-pyrrole nitrogens is 2. The summed E-state index contributed by atoms with van der Waals surface area (Å²) in [5, 5.41) is 22.4. The molecule has 22 heteroatoms. The second kappa shape index (κ2) is 20.2. The van der Waals surface area contributed by atoms with Gasteiger partial charge in [-0.15, -0.1) is 0 Å². The second-order valence-electron chi connectivity index (χ2n) is 23.2. The highest BCUT2D eigenvalue weighted by molar-refractivity contribution is 6.35. The molecule has 8 aromatic rings. The number of hydrogen-bond acceptors (Lipinski definition) is 13. The SMILES string of the molecule is C=CC(=O)N1CC2COc3c(c4cc(Cl)c(-c5c(C)ccc6[nH]nc(C7CC7)c56)nc4n(CCN/C=C/C(=O)N4CC5COc6c(c7cc(Cl)c(-c8c(C)ccc9[nH]nc(C%10CC%10)c89)c(F)c7n(CCN)c6=O)N5CC4C)c3=O)N2CC1C. The fourth-order valence-corrected chi connectivity index (χ4v) is 14.0. The molecule has 6 aliphatic rings. The van der Waals surface area contributed by atoms with Crippen molar-refractivity contribution in [1.29, 1.82) is 0 Å². The molecule has 0 radical (unpaired) electrons. The summed E-state index contributed by atoms with van der Waals surface area (Å²) in [5.41, 5.74) is 14.3. The summed E-state index contributed by atoms with van der Waals surface area (Å²) in [6.07, 6.45) is 8.45. The van der Waals surface area contributed by atoms with Crippen LogP contribution in [0.2, 0.25) is 10.0 Å². The van der Waals surface area contributed by atoms with Crippen molar-refractivity contribution in [3.8, 4) is 33.9 Å². The van der Waals surface area contributed by atoms with E-state index in [9.17, 15) is 19.2 Å². The molecule has 2 aliphatic carbocycles. The molecule has 0 bridgehead atoms. The van der Waals surface area contributed by atoms with Crippen molar-refractivity contribution in [3.63, 3.8) is 0 Å². The van der Waals surface area contributed by atoms with Crippen molar-refractivity contribution in [3.05, 3.63) is 120 Å². The molecule has 4 fully saturated rings. The van der Waals surface area contributed by atoms with Gasteiger partial charge in [0.1, 0.15) is 18.9 Å². The van der Waals surface area contributed by atoms with Gasteiger partial charge in [0.2, 0.25) is 23.3 Å². The first-order chi connectivity index (χ1) is 40.1. The largest absolute Gasteiger partial charge is 0.484 e. The summed E-state index contributed by atoms with van der Waals surface area (Å²) in [4.78, 5) is 69.7. The molecule has 19 nitrogen and oxygen atoms in total. The zero-order valence-electron chi connectivity index (χ0n) is 46.5. The monoisotopic (exact) mass is 1160 g/mol. The normalized spacial score (nSPS) is 20.4. The highest BCUT2D eigenvalue weighted by Crippen LogP contribution is 2.51. The van der Waals surface area contributed by atoms with Crippen molar-refractivity contribution in [2.24, 2.45) is 5.73 Å². The molecule has 14 rings (SSSR count). The number of hydrogen-bond donors (Lipinski definition) is 4. The van der Waals surface area contributed by atoms with Crippen LogP contribution in [0.25, 0.3) is 66.1 Å². The molecule has 2 amide bonds. The number of amides is 2. The Balaban J connectivity index is 0.752. The number of pyridine rings is 3. The number of nitrogens with zero attached hydrogens (tertiary/aromatic N) is 9. The van der Waals surface area contributed by atoms with Crippen molar-refractivity contribution < 1.29 is 23.5 Å². The second-order valence-corrected chi connectivity index (χ2v) is 24.0. The third-order valence-electron chi connectivity index (χ3n) is 17.9. The van der Waals surface area contributed by atoms with Crippen LogP contribution < -0.4 is 41.4 Å². The number of aromatic amines is 2. The Labute approximate surface area is 485 Å². The molecule has 4 aliphatic heterocycles. The van der Waals surface area contributed by atoms with Gasteiger partial charge in [0.25, 0.3) is 11.1 Å². The first-order valence-corrected chi connectivity index (χ1v) is 29.3. The van der Waals surface area contributed by atoms with E-state index in [1.54, 1.807) is 26.6 Å². The molecule has 428 valence electrons. The Hall–Kier alpha value is -7.94. The van der Waals surface area contributed by atoms with Crippen LogP contribution in [0.1, 0.15) is 73.9 Å². The van der Waals surface area contributed by atoms with E-state index in [0.29, 0.717) is 69.6 Å². The summed E-state index contributed by atoms with van der Waals surface area (Å²) >= 11 is 14.6. The van der Waals surface area contributed by atoms with Gasteiger partial charge >= 0.3 is 0 Å². The number of carbonyl (C=O) groups excluding carboxylic acids is 2. The van der Waals surface area contributed by atoms with Gasteiger partial charge in [-0.05, 0) is 94.8 Å². The minimum absolute atomic E-state index is 0.0421. The first kappa shape index (κ1) is 53.1. The van der Waals surface area contributed by atoms with E-state index in [4.69, 9.17) is 48.5 Å². The smallest absolute Gasteiger partial charge is 0.296 e. The molecule has 9 heterocycles. The van der Waals surface area contributed by atoms with E-state index < -0.39 is 11.4 Å². The third kappa shape index (κ3) is 8.47. The maximum atomic E-state index is 17.8. The molecular formula is C61H62Cl2FN13O6. The Morgan fingerprint density at radius 1 is 0.759 bits per heavy atom. The number of benzene rings is 3. The number of rotatable bonds is 12. The number of halogens is 3. The lowest BCUT2D eigenvalue weighted by atomic mass is 9.92. The van der Waals surface area contributed by atoms with Gasteiger partial charge < -0.3 is 44.7 Å². The van der Waals surface area contributed by atoms with Crippen molar-refractivity contribution in [1.82, 2.24) is 49.6 Å². The van der Waals surface area contributed by atoms with Crippen LogP contribution in [-0.4, -0.2) is 133 Å². The zero-order chi connectivity index (χ0) is 57.4. The lowest BCUT2D eigenvalue weighted by Crippen LogP contribution is -2.62. The van der Waals surface area contributed by atoms with Gasteiger partial charge in [-0.25, -0.2) is 9.37 Å². The van der Waals surface area contributed by atoms with Gasteiger partial charge in [-0.3, -0.25) is 33.9 Å². The van der Waals surface area contributed by atoms with Crippen molar-refractivity contribution in [2.45, 2.75) is 102 Å². The van der Waals surface area contributed by atoms with Crippen LogP contribution in [-0.2, 0) is 22.7 Å². The highest BCUT2D eigenvalue weighted by Gasteiger charge is 2.43. The number of aromatic nitrogens is 7. The fourth-order valence-electron chi connectivity index (χ4n) is 13.5. The average Bonchev–Trinajstić information content (AvgIpc) is 1.47. The molecule has 3 aromatic carbocycles. The van der Waals surface area contributed by atoms with Crippen LogP contribution >= 0.6 is 23.2 Å². The predicted molar refractivity (Wildman–Crippen MR) is 320 cm³/mol. The summed E-state index contributed by atoms with van der Waals surface area (Å²) in [5.74, 6) is -0.188. The minimum atomic E-state index is -0.633. The van der Waals surface area contributed by atoms with Crippen molar-refractivity contribution in [2.75, 3.05) is 62.3 Å². The summed E-state index contributed by atoms with van der Waals surface area (Å²) < 4.78 is 33.4. The molecular weight excluding hydrogens is 1100 g/mol. The van der Waals surface area contributed by atoms with E-state index >= 15 is 4.39 Å². The molecule has 5 N–H and O–H groups in total. The van der Waals surface area contributed by atoms with Gasteiger partial charge in [0, 0.05) is 127 Å². The predicted octanol–water partition coefficient (Wildman–Crippen LogP) is 8.16. The van der Waals surface area contributed by atoms with Crippen LogP contribution in [0.4, 0.5) is 15.8 Å². The van der Waals surface area contributed by atoms with Crippen LogP contribution in [0, 0.1) is 19.7 Å². The minimum Gasteiger partial charge on any atom is -0.484 e.